The van der Waals surface area contributed by atoms with Gasteiger partial charge < -0.3 is 15.0 Å². The second kappa shape index (κ2) is 11.2. The monoisotopic (exact) mass is 409 g/mol. The molecule has 6 heteroatoms. The predicted molar refractivity (Wildman–Crippen MR) is 121 cm³/mol. The summed E-state index contributed by atoms with van der Waals surface area (Å²) >= 11 is 0. The minimum absolute atomic E-state index is 0.000227. The van der Waals surface area contributed by atoms with Crippen LogP contribution in [0.15, 0.2) is 61.2 Å². The molecule has 2 rings (SSSR count). The van der Waals surface area contributed by atoms with E-state index < -0.39 is 0 Å². The Labute approximate surface area is 179 Å². The molecule has 6 nitrogen and oxygen atoms in total. The first-order valence-electron chi connectivity index (χ1n) is 9.94. The molecule has 1 N–H and O–H groups in total. The van der Waals surface area contributed by atoms with E-state index in [1.807, 2.05) is 74.3 Å². The van der Waals surface area contributed by atoms with Crippen molar-refractivity contribution in [2.75, 3.05) is 32.6 Å². The normalized spacial score (nSPS) is 11.6. The van der Waals surface area contributed by atoms with E-state index in [9.17, 15) is 9.59 Å². The summed E-state index contributed by atoms with van der Waals surface area (Å²) < 4.78 is 5.49. The third kappa shape index (κ3) is 7.04. The molecule has 0 bridgehead atoms. The number of rotatable bonds is 10. The highest BCUT2D eigenvalue weighted by molar-refractivity contribution is 5.95. The van der Waals surface area contributed by atoms with Crippen LogP contribution < -0.4 is 10.1 Å². The van der Waals surface area contributed by atoms with E-state index in [0.717, 1.165) is 22.6 Å². The van der Waals surface area contributed by atoms with E-state index in [1.165, 1.54) is 4.90 Å². The molecule has 0 fully saturated rings. The molecule has 2 amide bonds. The van der Waals surface area contributed by atoms with Crippen molar-refractivity contribution in [2.45, 2.75) is 26.4 Å². The quantitative estimate of drug-likeness (QED) is 0.611. The number of ether oxygens (including phenoxy) is 1. The molecule has 0 heterocycles. The molecule has 2 aromatic rings. The number of likely N-dealkylation sites (N-methyl/N-ethyl adjacent to an activating group) is 2. The fourth-order valence-corrected chi connectivity index (χ4v) is 2.91. The van der Waals surface area contributed by atoms with Gasteiger partial charge in [0.2, 0.25) is 11.8 Å². The fraction of sp³-hybridized carbons (Fsp3) is 0.333. The number of carbonyl (C=O) groups is 2. The average Bonchev–Trinajstić information content (AvgIpc) is 2.73. The van der Waals surface area contributed by atoms with Crippen molar-refractivity contribution < 1.29 is 14.3 Å². The third-order valence-corrected chi connectivity index (χ3v) is 4.83. The maximum atomic E-state index is 12.8. The van der Waals surface area contributed by atoms with Gasteiger partial charge in [0.15, 0.2) is 0 Å². The van der Waals surface area contributed by atoms with Crippen molar-refractivity contribution in [1.82, 2.24) is 9.80 Å². The van der Waals surface area contributed by atoms with Crippen LogP contribution in [0.3, 0.4) is 0 Å². The Morgan fingerprint density at radius 1 is 1.10 bits per heavy atom. The lowest BCUT2D eigenvalue weighted by Crippen LogP contribution is -2.46. The maximum Gasteiger partial charge on any atom is 0.243 e. The molecule has 0 saturated carbocycles. The van der Waals surface area contributed by atoms with Gasteiger partial charge in [-0.15, -0.1) is 0 Å². The van der Waals surface area contributed by atoms with E-state index in [1.54, 1.807) is 13.1 Å². The number of carbonyl (C=O) groups excluding carboxylic acids is 2. The van der Waals surface area contributed by atoms with Crippen molar-refractivity contribution in [3.05, 3.63) is 72.3 Å². The largest absolute Gasteiger partial charge is 0.490 e. The zero-order valence-electron chi connectivity index (χ0n) is 18.2. The molecular formula is C24H31N3O3. The highest BCUT2D eigenvalue weighted by atomic mass is 16.5. The van der Waals surface area contributed by atoms with Crippen LogP contribution >= 0.6 is 0 Å². The minimum Gasteiger partial charge on any atom is -0.490 e. The average molecular weight is 410 g/mol. The fourth-order valence-electron chi connectivity index (χ4n) is 2.91. The molecule has 0 aromatic heterocycles. The summed E-state index contributed by atoms with van der Waals surface area (Å²) in [5.74, 6) is 0.451. The molecule has 30 heavy (non-hydrogen) atoms. The summed E-state index contributed by atoms with van der Waals surface area (Å²) in [4.78, 5) is 28.4. The highest BCUT2D eigenvalue weighted by Gasteiger charge is 2.23. The van der Waals surface area contributed by atoms with Crippen LogP contribution in [-0.2, 0) is 16.1 Å². The SMILES string of the molecule is C=CCOc1ccc(CN(C)[C@H](C)C(=O)N(C)CC(=O)Nc2ccc(C)cc2)cc1. The van der Waals surface area contributed by atoms with Gasteiger partial charge in [-0.05, 0) is 50.7 Å². The van der Waals surface area contributed by atoms with Crippen LogP contribution in [0.1, 0.15) is 18.1 Å². The van der Waals surface area contributed by atoms with Crippen molar-refractivity contribution in [2.24, 2.45) is 0 Å². The van der Waals surface area contributed by atoms with Gasteiger partial charge >= 0.3 is 0 Å². The lowest BCUT2D eigenvalue weighted by Gasteiger charge is -2.28. The number of nitrogens with zero attached hydrogens (tertiary/aromatic N) is 2. The zero-order valence-corrected chi connectivity index (χ0v) is 18.2. The summed E-state index contributed by atoms with van der Waals surface area (Å²) in [6.45, 7) is 8.54. The number of hydrogen-bond donors (Lipinski definition) is 1. The van der Waals surface area contributed by atoms with E-state index in [0.29, 0.717) is 13.2 Å². The van der Waals surface area contributed by atoms with Crippen LogP contribution in [0.5, 0.6) is 5.75 Å². The number of nitrogens with one attached hydrogen (secondary N) is 1. The van der Waals surface area contributed by atoms with Crippen LogP contribution in [-0.4, -0.2) is 54.9 Å². The van der Waals surface area contributed by atoms with Gasteiger partial charge in [-0.2, -0.15) is 0 Å². The molecule has 0 aliphatic carbocycles. The lowest BCUT2D eigenvalue weighted by atomic mass is 10.1. The Hall–Kier alpha value is -3.12. The van der Waals surface area contributed by atoms with E-state index in [4.69, 9.17) is 4.74 Å². The first-order valence-corrected chi connectivity index (χ1v) is 9.94. The summed E-state index contributed by atoms with van der Waals surface area (Å²) in [6.07, 6.45) is 1.70. The van der Waals surface area contributed by atoms with E-state index in [-0.39, 0.29) is 24.4 Å². The summed E-state index contributed by atoms with van der Waals surface area (Å²) in [5, 5.41) is 2.82. The Bertz CT molecular complexity index is 847. The minimum atomic E-state index is -0.362. The van der Waals surface area contributed by atoms with Gasteiger partial charge in [0, 0.05) is 19.3 Å². The molecule has 160 valence electrons. The molecule has 0 aliphatic rings. The van der Waals surface area contributed by atoms with Crippen molar-refractivity contribution >= 4 is 17.5 Å². The lowest BCUT2D eigenvalue weighted by molar-refractivity contribution is -0.137. The number of aryl methyl sites for hydroxylation is 1. The van der Waals surface area contributed by atoms with E-state index in [2.05, 4.69) is 11.9 Å². The van der Waals surface area contributed by atoms with Gasteiger partial charge in [0.1, 0.15) is 12.4 Å². The molecule has 2 aromatic carbocycles. The first-order chi connectivity index (χ1) is 14.3. The summed E-state index contributed by atoms with van der Waals surface area (Å²) in [7, 11) is 3.54. The Morgan fingerprint density at radius 3 is 2.33 bits per heavy atom. The van der Waals surface area contributed by atoms with Crippen molar-refractivity contribution in [3.8, 4) is 5.75 Å². The van der Waals surface area contributed by atoms with Gasteiger partial charge in [-0.25, -0.2) is 0 Å². The maximum absolute atomic E-state index is 12.8. The second-order valence-electron chi connectivity index (χ2n) is 7.44. The van der Waals surface area contributed by atoms with Gasteiger partial charge in [0.05, 0.1) is 12.6 Å². The molecular weight excluding hydrogens is 378 g/mol. The zero-order chi connectivity index (χ0) is 22.1. The molecule has 0 radical (unpaired) electrons. The molecule has 0 saturated heterocycles. The molecule has 0 spiro atoms. The smallest absolute Gasteiger partial charge is 0.243 e. The van der Waals surface area contributed by atoms with Gasteiger partial charge in [0.25, 0.3) is 0 Å². The Kier molecular flexibility index (Phi) is 8.62. The highest BCUT2D eigenvalue weighted by Crippen LogP contribution is 2.15. The number of hydrogen-bond acceptors (Lipinski definition) is 4. The van der Waals surface area contributed by atoms with Crippen LogP contribution in [0.2, 0.25) is 0 Å². The molecule has 0 aliphatic heterocycles. The number of amides is 2. The Morgan fingerprint density at radius 2 is 1.73 bits per heavy atom. The number of benzene rings is 2. The third-order valence-electron chi connectivity index (χ3n) is 4.83. The van der Waals surface area contributed by atoms with Crippen molar-refractivity contribution in [1.29, 1.82) is 0 Å². The standard InChI is InChI=1S/C24H31N3O3/c1-6-15-30-22-13-9-20(10-14-22)16-26(4)19(3)24(29)27(5)17-23(28)25-21-11-7-18(2)8-12-21/h6-14,19H,1,15-17H2,2-5H3,(H,25,28)/t19-/m1/s1. The topological polar surface area (TPSA) is 61.9 Å². The van der Waals surface area contributed by atoms with Crippen LogP contribution in [0, 0.1) is 6.92 Å². The Balaban J connectivity index is 1.85. The summed E-state index contributed by atoms with van der Waals surface area (Å²) in [6, 6.07) is 15.0. The van der Waals surface area contributed by atoms with Crippen molar-refractivity contribution in [3.63, 3.8) is 0 Å². The first kappa shape index (κ1) is 23.2. The second-order valence-corrected chi connectivity index (χ2v) is 7.44. The molecule has 0 unspecified atom stereocenters. The number of anilines is 1. The summed E-state index contributed by atoms with van der Waals surface area (Å²) in [5.41, 5.74) is 2.91. The van der Waals surface area contributed by atoms with Gasteiger partial charge in [-0.1, -0.05) is 42.5 Å². The molecule has 1 atom stereocenters. The van der Waals surface area contributed by atoms with Crippen LogP contribution in [0.25, 0.3) is 0 Å². The van der Waals surface area contributed by atoms with Gasteiger partial charge in [-0.3, -0.25) is 14.5 Å². The predicted octanol–water partition coefficient (Wildman–Crippen LogP) is 3.48. The van der Waals surface area contributed by atoms with E-state index >= 15 is 0 Å². The van der Waals surface area contributed by atoms with Crippen LogP contribution in [0.4, 0.5) is 5.69 Å².